The first-order valence-corrected chi connectivity index (χ1v) is 6.66. The fourth-order valence-corrected chi connectivity index (χ4v) is 2.10. The minimum absolute atomic E-state index is 0.0552. The zero-order chi connectivity index (χ0) is 14.6. The molecule has 0 aromatic carbocycles. The Morgan fingerprint density at radius 2 is 2.16 bits per heavy atom. The molecule has 0 aliphatic rings. The highest BCUT2D eigenvalue weighted by Gasteiger charge is 2.27. The van der Waals surface area contributed by atoms with E-state index in [1.54, 1.807) is 4.68 Å². The third kappa shape index (κ3) is 4.06. The van der Waals surface area contributed by atoms with Crippen molar-refractivity contribution >= 4 is 5.97 Å². The maximum absolute atomic E-state index is 11.7. The number of esters is 1. The molecule has 0 bridgehead atoms. The molecule has 0 radical (unpaired) electrons. The molecule has 0 saturated heterocycles. The van der Waals surface area contributed by atoms with Gasteiger partial charge in [-0.25, -0.2) is 0 Å². The number of aromatic nitrogens is 2. The van der Waals surface area contributed by atoms with Crippen LogP contribution in [0.4, 0.5) is 0 Å². The number of ether oxygens (including phenoxy) is 1. The average Bonchev–Trinajstić information content (AvgIpc) is 2.68. The molecule has 0 aliphatic carbocycles. The van der Waals surface area contributed by atoms with Gasteiger partial charge in [0.2, 0.25) is 0 Å². The van der Waals surface area contributed by atoms with Crippen molar-refractivity contribution in [2.45, 2.75) is 45.6 Å². The molecule has 1 N–H and O–H groups in total. The molecule has 1 rings (SSSR count). The van der Waals surface area contributed by atoms with Crippen LogP contribution in [-0.2, 0) is 22.0 Å². The molecule has 5 heteroatoms. The van der Waals surface area contributed by atoms with E-state index in [1.165, 1.54) is 0 Å². The van der Waals surface area contributed by atoms with E-state index in [4.69, 9.17) is 4.74 Å². The third-order valence-corrected chi connectivity index (χ3v) is 2.97. The van der Waals surface area contributed by atoms with E-state index >= 15 is 0 Å². The average molecular weight is 267 g/mol. The van der Waals surface area contributed by atoms with E-state index in [2.05, 4.69) is 31.2 Å². The molecule has 0 saturated carbocycles. The zero-order valence-electron chi connectivity index (χ0n) is 12.8. The molecular formula is C14H25N3O2. The van der Waals surface area contributed by atoms with Crippen molar-refractivity contribution in [1.29, 1.82) is 0 Å². The van der Waals surface area contributed by atoms with E-state index in [-0.39, 0.29) is 17.4 Å². The van der Waals surface area contributed by atoms with Crippen molar-refractivity contribution in [1.82, 2.24) is 15.1 Å². The largest absolute Gasteiger partial charge is 0.466 e. The van der Waals surface area contributed by atoms with Gasteiger partial charge in [0, 0.05) is 30.3 Å². The lowest BCUT2D eigenvalue weighted by Gasteiger charge is -2.22. The van der Waals surface area contributed by atoms with E-state index in [9.17, 15) is 4.79 Å². The highest BCUT2D eigenvalue weighted by atomic mass is 16.5. The van der Waals surface area contributed by atoms with Gasteiger partial charge in [-0.1, -0.05) is 20.8 Å². The van der Waals surface area contributed by atoms with E-state index in [0.29, 0.717) is 13.0 Å². The number of aryl methyl sites for hydroxylation is 1. The quantitative estimate of drug-likeness (QED) is 0.828. The van der Waals surface area contributed by atoms with Gasteiger partial charge in [-0.15, -0.1) is 0 Å². The second-order valence-electron chi connectivity index (χ2n) is 5.71. The van der Waals surface area contributed by atoms with Crippen LogP contribution in [0, 0.1) is 0 Å². The van der Waals surface area contributed by atoms with E-state index in [0.717, 1.165) is 11.3 Å². The van der Waals surface area contributed by atoms with Crippen LogP contribution in [0.15, 0.2) is 6.20 Å². The standard InChI is InChI=1S/C14H25N3O2/c1-7-19-12(18)8-11(15-5)10-9-17(6)16-13(10)14(2,3)4/h9,11,15H,7-8H2,1-6H3. The van der Waals surface area contributed by atoms with Gasteiger partial charge >= 0.3 is 5.97 Å². The van der Waals surface area contributed by atoms with Crippen molar-refractivity contribution in [2.24, 2.45) is 7.05 Å². The van der Waals surface area contributed by atoms with Crippen LogP contribution in [0.3, 0.4) is 0 Å². The Balaban J connectivity index is 3.01. The van der Waals surface area contributed by atoms with Crippen molar-refractivity contribution in [3.63, 3.8) is 0 Å². The number of carbonyl (C=O) groups excluding carboxylic acids is 1. The molecule has 0 fully saturated rings. The van der Waals surface area contributed by atoms with Gasteiger partial charge in [0.15, 0.2) is 0 Å². The molecule has 5 nitrogen and oxygen atoms in total. The van der Waals surface area contributed by atoms with Crippen LogP contribution >= 0.6 is 0 Å². The van der Waals surface area contributed by atoms with E-state index in [1.807, 2.05) is 27.2 Å². The van der Waals surface area contributed by atoms with Gasteiger partial charge in [-0.3, -0.25) is 9.48 Å². The monoisotopic (exact) mass is 267 g/mol. The van der Waals surface area contributed by atoms with Crippen LogP contribution in [-0.4, -0.2) is 29.4 Å². The topological polar surface area (TPSA) is 56.1 Å². The summed E-state index contributed by atoms with van der Waals surface area (Å²) in [6.07, 6.45) is 2.29. The Bertz CT molecular complexity index is 432. The minimum Gasteiger partial charge on any atom is -0.466 e. The zero-order valence-corrected chi connectivity index (χ0v) is 12.8. The lowest BCUT2D eigenvalue weighted by Crippen LogP contribution is -2.24. The predicted octanol–water partition coefficient (Wildman–Crippen LogP) is 1.93. The lowest BCUT2D eigenvalue weighted by molar-refractivity contribution is -0.143. The number of rotatable bonds is 5. The summed E-state index contributed by atoms with van der Waals surface area (Å²) >= 11 is 0. The molecule has 1 atom stereocenters. The van der Waals surface area contributed by atoms with Crippen LogP contribution in [0.25, 0.3) is 0 Å². The summed E-state index contributed by atoms with van der Waals surface area (Å²) in [6.45, 7) is 8.59. The fraction of sp³-hybridized carbons (Fsp3) is 0.714. The molecule has 0 spiro atoms. The summed E-state index contributed by atoms with van der Waals surface area (Å²) < 4.78 is 6.82. The number of nitrogens with one attached hydrogen (secondary N) is 1. The highest BCUT2D eigenvalue weighted by molar-refractivity contribution is 5.70. The number of hydrogen-bond donors (Lipinski definition) is 1. The number of nitrogens with zero attached hydrogens (tertiary/aromatic N) is 2. The Hall–Kier alpha value is -1.36. The maximum atomic E-state index is 11.7. The van der Waals surface area contributed by atoms with Crippen molar-refractivity contribution in [3.8, 4) is 0 Å². The molecule has 1 aromatic rings. The Morgan fingerprint density at radius 1 is 1.53 bits per heavy atom. The van der Waals surface area contributed by atoms with Gasteiger partial charge < -0.3 is 10.1 Å². The molecule has 1 unspecified atom stereocenters. The van der Waals surface area contributed by atoms with Gasteiger partial charge in [-0.05, 0) is 14.0 Å². The Kier molecular flexibility index (Phi) is 5.11. The Labute approximate surface area is 115 Å². The Morgan fingerprint density at radius 3 is 2.63 bits per heavy atom. The smallest absolute Gasteiger partial charge is 0.307 e. The molecular weight excluding hydrogens is 242 g/mol. The first kappa shape index (κ1) is 15.7. The van der Waals surface area contributed by atoms with E-state index < -0.39 is 0 Å². The second-order valence-corrected chi connectivity index (χ2v) is 5.71. The second kappa shape index (κ2) is 6.19. The molecule has 108 valence electrons. The summed E-state index contributed by atoms with van der Waals surface area (Å²) in [6, 6.07) is -0.0676. The summed E-state index contributed by atoms with van der Waals surface area (Å²) in [4.78, 5) is 11.7. The summed E-state index contributed by atoms with van der Waals surface area (Å²) in [5.41, 5.74) is 2.02. The SMILES string of the molecule is CCOC(=O)CC(NC)c1cn(C)nc1C(C)(C)C. The summed E-state index contributed by atoms with van der Waals surface area (Å²) in [5, 5.41) is 7.71. The van der Waals surface area contributed by atoms with Gasteiger partial charge in [0.1, 0.15) is 0 Å². The number of carbonyl (C=O) groups is 1. The van der Waals surface area contributed by atoms with Crippen LogP contribution in [0.5, 0.6) is 0 Å². The van der Waals surface area contributed by atoms with Gasteiger partial charge in [-0.2, -0.15) is 5.10 Å². The molecule has 0 aliphatic heterocycles. The van der Waals surface area contributed by atoms with Crippen LogP contribution < -0.4 is 5.32 Å². The molecule has 1 heterocycles. The van der Waals surface area contributed by atoms with Crippen molar-refractivity contribution < 1.29 is 9.53 Å². The van der Waals surface area contributed by atoms with Gasteiger partial charge in [0.25, 0.3) is 0 Å². The lowest BCUT2D eigenvalue weighted by atomic mass is 9.87. The summed E-state index contributed by atoms with van der Waals surface area (Å²) in [7, 11) is 3.75. The molecule has 1 aromatic heterocycles. The van der Waals surface area contributed by atoms with Crippen molar-refractivity contribution in [3.05, 3.63) is 17.5 Å². The molecule has 19 heavy (non-hydrogen) atoms. The third-order valence-electron chi connectivity index (χ3n) is 2.97. The normalized spacial score (nSPS) is 13.4. The fourth-order valence-electron chi connectivity index (χ4n) is 2.10. The summed E-state index contributed by atoms with van der Waals surface area (Å²) in [5.74, 6) is -0.189. The number of hydrogen-bond acceptors (Lipinski definition) is 4. The van der Waals surface area contributed by atoms with Gasteiger partial charge in [0.05, 0.1) is 18.7 Å². The first-order chi connectivity index (χ1) is 8.79. The minimum atomic E-state index is -0.189. The first-order valence-electron chi connectivity index (χ1n) is 6.66. The molecule has 0 amide bonds. The van der Waals surface area contributed by atoms with Crippen molar-refractivity contribution in [2.75, 3.05) is 13.7 Å². The van der Waals surface area contributed by atoms with Crippen LogP contribution in [0.2, 0.25) is 0 Å². The maximum Gasteiger partial charge on any atom is 0.307 e. The predicted molar refractivity (Wildman–Crippen MR) is 75.0 cm³/mol. The van der Waals surface area contributed by atoms with Crippen LogP contribution in [0.1, 0.15) is 51.4 Å². The highest BCUT2D eigenvalue weighted by Crippen LogP contribution is 2.29.